The fourth-order valence-corrected chi connectivity index (χ4v) is 4.37. The molecule has 1 aromatic rings. The van der Waals surface area contributed by atoms with E-state index in [4.69, 9.17) is 0 Å². The molecular formula is C28H41AlN3O3. The van der Waals surface area contributed by atoms with E-state index >= 15 is 0 Å². The van der Waals surface area contributed by atoms with Crippen molar-refractivity contribution in [2.45, 2.75) is 83.3 Å². The first-order valence-corrected chi connectivity index (χ1v) is 13.9. The molecular weight excluding hydrogens is 453 g/mol. The van der Waals surface area contributed by atoms with Gasteiger partial charge in [-0.25, -0.2) is 0 Å². The highest BCUT2D eigenvalue weighted by Crippen LogP contribution is 2.20. The van der Waals surface area contributed by atoms with E-state index in [9.17, 15) is 14.4 Å². The van der Waals surface area contributed by atoms with Gasteiger partial charge < -0.3 is 16.0 Å². The third kappa shape index (κ3) is 13.8. The van der Waals surface area contributed by atoms with Crippen molar-refractivity contribution in [3.8, 4) is 11.8 Å². The zero-order valence-corrected chi connectivity index (χ0v) is 23.4. The standard InChI is InChI=1S/C25H34N3O3.C3H7.Al/c1-17(2)10-8-7-9-11-23(29)26-16-24(30)27-20(6)25(31)28-22-13-12-19(5)21(15-22)14-18(3)4;1-3-2;/h12-13,15,17,20H,3,5,7,9,11,14,16H2,1-2,4,6H3,(H,26,29)(H,27,30)(H,28,31);3H,1-2H3;. The Hall–Kier alpha value is -2.54. The Bertz CT molecular complexity index is 945. The van der Waals surface area contributed by atoms with Gasteiger partial charge in [-0.2, -0.15) is 0 Å². The fourth-order valence-electron chi connectivity index (χ4n) is 3.24. The second-order valence-electron chi connectivity index (χ2n) is 9.69. The molecule has 35 heavy (non-hydrogen) atoms. The summed E-state index contributed by atoms with van der Waals surface area (Å²) in [6.45, 7) is 16.0. The molecule has 1 unspecified atom stereocenters. The summed E-state index contributed by atoms with van der Waals surface area (Å²) in [4.78, 5) is 36.7. The first-order chi connectivity index (χ1) is 16.5. The second-order valence-corrected chi connectivity index (χ2v) is 11.9. The van der Waals surface area contributed by atoms with Crippen LogP contribution in [-0.2, 0) is 26.1 Å². The quantitative estimate of drug-likeness (QED) is 0.166. The molecule has 7 heteroatoms. The van der Waals surface area contributed by atoms with Crippen LogP contribution >= 0.6 is 0 Å². The van der Waals surface area contributed by atoms with Gasteiger partial charge in [-0.1, -0.05) is 61.5 Å². The molecule has 0 spiro atoms. The average molecular weight is 495 g/mol. The van der Waals surface area contributed by atoms with Crippen LogP contribution in [0.2, 0.25) is 4.78 Å². The van der Waals surface area contributed by atoms with Crippen molar-refractivity contribution in [3.05, 3.63) is 41.5 Å². The van der Waals surface area contributed by atoms with Crippen LogP contribution in [0, 0.1) is 17.8 Å². The lowest BCUT2D eigenvalue weighted by Crippen LogP contribution is -2.45. The first-order valence-electron chi connectivity index (χ1n) is 12.4. The number of amides is 3. The average Bonchev–Trinajstić information content (AvgIpc) is 2.76. The van der Waals surface area contributed by atoms with Crippen LogP contribution in [0.15, 0.2) is 30.4 Å². The molecule has 3 amide bonds. The topological polar surface area (TPSA) is 87.3 Å². The highest BCUT2D eigenvalue weighted by Gasteiger charge is 2.17. The molecule has 0 saturated carbocycles. The van der Waals surface area contributed by atoms with E-state index < -0.39 is 11.9 Å². The molecule has 1 radical (unpaired) electrons. The largest absolute Gasteiger partial charge is 0.347 e. The Labute approximate surface area is 217 Å². The molecule has 0 aliphatic rings. The molecule has 1 atom stereocenters. The van der Waals surface area contributed by atoms with Crippen LogP contribution in [0.5, 0.6) is 0 Å². The van der Waals surface area contributed by atoms with Crippen molar-refractivity contribution < 1.29 is 14.4 Å². The van der Waals surface area contributed by atoms with E-state index in [0.29, 0.717) is 50.9 Å². The van der Waals surface area contributed by atoms with E-state index in [1.807, 2.05) is 32.9 Å². The van der Waals surface area contributed by atoms with Crippen LogP contribution in [0.4, 0.5) is 5.69 Å². The molecule has 0 aliphatic heterocycles. The van der Waals surface area contributed by atoms with Crippen molar-refractivity contribution in [2.75, 3.05) is 11.9 Å². The van der Waals surface area contributed by atoms with Gasteiger partial charge in [-0.05, 0) is 44.4 Å². The van der Waals surface area contributed by atoms with E-state index in [1.54, 1.807) is 6.92 Å². The number of carbonyl (C=O) groups is 3. The van der Waals surface area contributed by atoms with E-state index in [-0.39, 0.29) is 18.4 Å². The Kier molecular flexibility index (Phi) is 14.1. The van der Waals surface area contributed by atoms with Crippen LogP contribution < -0.4 is 16.0 Å². The SMILES string of the molecule is C=C(C)Cc1cc(NC(=O)C(C)NC(=O)CNC(=O)CCCC#CC(C)C)ccc1[CH2][Al][CH](C)C. The summed E-state index contributed by atoms with van der Waals surface area (Å²) in [6, 6.07) is 5.26. The molecule has 0 aromatic heterocycles. The summed E-state index contributed by atoms with van der Waals surface area (Å²) in [5, 5.41) is 9.18. The van der Waals surface area contributed by atoms with Crippen LogP contribution in [0.1, 0.15) is 71.9 Å². The van der Waals surface area contributed by atoms with Gasteiger partial charge in [0, 0.05) is 24.4 Å². The molecule has 0 saturated heterocycles. The lowest BCUT2D eigenvalue weighted by atomic mass is 10.0. The number of benzene rings is 1. The Morgan fingerprint density at radius 2 is 1.77 bits per heavy atom. The normalized spacial score (nSPS) is 11.3. The predicted octanol–water partition coefficient (Wildman–Crippen LogP) is 4.23. The molecule has 1 rings (SSSR count). The monoisotopic (exact) mass is 494 g/mol. The number of rotatable bonds is 13. The van der Waals surface area contributed by atoms with Gasteiger partial charge in [0.1, 0.15) is 6.04 Å². The van der Waals surface area contributed by atoms with Gasteiger partial charge in [0.25, 0.3) is 0 Å². The molecule has 0 heterocycles. The van der Waals surface area contributed by atoms with Gasteiger partial charge in [0.2, 0.25) is 32.9 Å². The third-order valence-electron chi connectivity index (χ3n) is 5.09. The maximum atomic E-state index is 12.6. The number of hydrogen-bond acceptors (Lipinski definition) is 3. The molecule has 189 valence electrons. The molecule has 0 aliphatic carbocycles. The Balaban J connectivity index is 2.55. The van der Waals surface area contributed by atoms with Crippen molar-refractivity contribution in [1.82, 2.24) is 10.6 Å². The summed E-state index contributed by atoms with van der Waals surface area (Å²) in [6.07, 6.45) is 2.39. The summed E-state index contributed by atoms with van der Waals surface area (Å²) in [5.74, 6) is 5.49. The van der Waals surface area contributed by atoms with Crippen molar-refractivity contribution >= 4 is 38.6 Å². The first kappa shape index (κ1) is 30.5. The van der Waals surface area contributed by atoms with Crippen LogP contribution in [0.3, 0.4) is 0 Å². The Morgan fingerprint density at radius 1 is 1.06 bits per heavy atom. The number of hydrogen-bond donors (Lipinski definition) is 3. The molecule has 0 fully saturated rings. The van der Waals surface area contributed by atoms with E-state index in [0.717, 1.165) is 17.3 Å². The van der Waals surface area contributed by atoms with Crippen LogP contribution in [-0.4, -0.2) is 45.5 Å². The lowest BCUT2D eigenvalue weighted by Gasteiger charge is -2.17. The summed E-state index contributed by atoms with van der Waals surface area (Å²) in [5.41, 5.74) is 4.25. The predicted molar refractivity (Wildman–Crippen MR) is 145 cm³/mol. The smallest absolute Gasteiger partial charge is 0.246 e. The minimum absolute atomic E-state index is 0.163. The minimum atomic E-state index is -0.736. The fraction of sp³-hybridized carbons (Fsp3) is 0.536. The van der Waals surface area contributed by atoms with Gasteiger partial charge in [0.05, 0.1) is 6.54 Å². The molecule has 0 bridgehead atoms. The third-order valence-corrected chi connectivity index (χ3v) is 6.71. The van der Waals surface area contributed by atoms with Gasteiger partial charge >= 0.3 is 0 Å². The lowest BCUT2D eigenvalue weighted by molar-refractivity contribution is -0.128. The summed E-state index contributed by atoms with van der Waals surface area (Å²) < 4.78 is 0.699. The molecule has 1 aromatic carbocycles. The Morgan fingerprint density at radius 3 is 2.40 bits per heavy atom. The number of nitrogens with one attached hydrogen (secondary N) is 3. The zero-order valence-electron chi connectivity index (χ0n) is 22.2. The number of anilines is 1. The molecule has 6 nitrogen and oxygen atoms in total. The highest BCUT2D eigenvalue weighted by atomic mass is 27.1. The minimum Gasteiger partial charge on any atom is -0.347 e. The second kappa shape index (κ2) is 16.2. The maximum Gasteiger partial charge on any atom is 0.246 e. The van der Waals surface area contributed by atoms with Crippen molar-refractivity contribution in [1.29, 1.82) is 0 Å². The number of allylic oxidation sites excluding steroid dienone is 1. The van der Waals surface area contributed by atoms with E-state index in [2.05, 4.69) is 54.3 Å². The van der Waals surface area contributed by atoms with Gasteiger partial charge in [-0.3, -0.25) is 14.4 Å². The van der Waals surface area contributed by atoms with Gasteiger partial charge in [0.15, 0.2) is 0 Å². The van der Waals surface area contributed by atoms with Crippen molar-refractivity contribution in [3.63, 3.8) is 0 Å². The summed E-state index contributed by atoms with van der Waals surface area (Å²) >= 11 is 0.325. The number of unbranched alkanes of at least 4 members (excludes halogenated alkanes) is 1. The summed E-state index contributed by atoms with van der Waals surface area (Å²) in [7, 11) is 0. The van der Waals surface area contributed by atoms with Gasteiger partial charge in [-0.15, -0.1) is 11.8 Å². The van der Waals surface area contributed by atoms with Crippen molar-refractivity contribution in [2.24, 2.45) is 5.92 Å². The highest BCUT2D eigenvalue weighted by molar-refractivity contribution is 6.36. The van der Waals surface area contributed by atoms with Crippen LogP contribution in [0.25, 0.3) is 0 Å². The maximum absolute atomic E-state index is 12.6. The molecule has 3 N–H and O–H groups in total. The van der Waals surface area contributed by atoms with E-state index in [1.165, 1.54) is 11.1 Å². The number of carbonyl (C=O) groups excluding carboxylic acids is 3. The zero-order chi connectivity index (χ0) is 26.4.